The first-order valence-electron chi connectivity index (χ1n) is 6.38. The normalized spacial score (nSPS) is 15.7. The van der Waals surface area contributed by atoms with Gasteiger partial charge in [-0.25, -0.2) is 0 Å². The van der Waals surface area contributed by atoms with E-state index in [9.17, 15) is 4.79 Å². The average molecular weight is 275 g/mol. The number of amides is 1. The number of rotatable bonds is 4. The molecular formula is C14H17N3OS. The summed E-state index contributed by atoms with van der Waals surface area (Å²) in [5.74, 6) is 2.32. The molecule has 0 aromatic heterocycles. The van der Waals surface area contributed by atoms with Crippen molar-refractivity contribution in [2.24, 2.45) is 0 Å². The van der Waals surface area contributed by atoms with Gasteiger partial charge in [-0.2, -0.15) is 17.0 Å². The van der Waals surface area contributed by atoms with Gasteiger partial charge in [0, 0.05) is 43.2 Å². The second-order valence-corrected chi connectivity index (χ2v) is 5.67. The van der Waals surface area contributed by atoms with E-state index in [4.69, 9.17) is 5.26 Å². The van der Waals surface area contributed by atoms with E-state index in [0.29, 0.717) is 17.7 Å². The molecule has 5 heteroatoms. The SMILES string of the molecule is N#Cc1cccc(NC(=O)CCN2CCSCC2)c1. The Labute approximate surface area is 117 Å². The van der Waals surface area contributed by atoms with E-state index in [1.807, 2.05) is 11.8 Å². The molecule has 2 rings (SSSR count). The van der Waals surface area contributed by atoms with E-state index in [1.54, 1.807) is 24.3 Å². The molecule has 1 fully saturated rings. The molecule has 1 aromatic carbocycles. The molecule has 0 saturated carbocycles. The van der Waals surface area contributed by atoms with E-state index < -0.39 is 0 Å². The number of nitrogens with one attached hydrogen (secondary N) is 1. The van der Waals surface area contributed by atoms with Crippen LogP contribution in [0.15, 0.2) is 24.3 Å². The van der Waals surface area contributed by atoms with Crippen LogP contribution in [0.25, 0.3) is 0 Å². The van der Waals surface area contributed by atoms with Gasteiger partial charge in [0.2, 0.25) is 5.91 Å². The smallest absolute Gasteiger partial charge is 0.225 e. The molecule has 0 bridgehead atoms. The van der Waals surface area contributed by atoms with Crippen LogP contribution in [0.5, 0.6) is 0 Å². The van der Waals surface area contributed by atoms with E-state index in [2.05, 4.69) is 16.3 Å². The molecule has 1 N–H and O–H groups in total. The Balaban J connectivity index is 1.78. The quantitative estimate of drug-likeness (QED) is 0.912. The highest BCUT2D eigenvalue weighted by atomic mass is 32.2. The molecule has 0 radical (unpaired) electrons. The monoisotopic (exact) mass is 275 g/mol. The summed E-state index contributed by atoms with van der Waals surface area (Å²) in [6, 6.07) is 9.05. The first-order valence-corrected chi connectivity index (χ1v) is 7.53. The predicted octanol–water partition coefficient (Wildman–Crippen LogP) is 1.94. The Morgan fingerprint density at radius 3 is 2.95 bits per heavy atom. The van der Waals surface area contributed by atoms with Crippen LogP contribution in [0.2, 0.25) is 0 Å². The highest BCUT2D eigenvalue weighted by Crippen LogP contribution is 2.11. The summed E-state index contributed by atoms with van der Waals surface area (Å²) in [4.78, 5) is 14.2. The summed E-state index contributed by atoms with van der Waals surface area (Å²) in [5, 5.41) is 11.6. The Morgan fingerprint density at radius 1 is 1.42 bits per heavy atom. The molecular weight excluding hydrogens is 258 g/mol. The summed E-state index contributed by atoms with van der Waals surface area (Å²) in [6.45, 7) is 2.95. The molecule has 4 nitrogen and oxygen atoms in total. The largest absolute Gasteiger partial charge is 0.326 e. The zero-order chi connectivity index (χ0) is 13.5. The van der Waals surface area contributed by atoms with Crippen molar-refractivity contribution in [1.29, 1.82) is 5.26 Å². The maximum absolute atomic E-state index is 11.8. The Bertz CT molecular complexity index is 478. The first-order chi connectivity index (χ1) is 9.28. The number of carbonyl (C=O) groups excluding carboxylic acids is 1. The number of thioether (sulfide) groups is 1. The minimum absolute atomic E-state index is 0.00770. The molecule has 1 amide bonds. The van der Waals surface area contributed by atoms with Crippen LogP contribution in [-0.4, -0.2) is 41.9 Å². The van der Waals surface area contributed by atoms with Gasteiger partial charge in [-0.3, -0.25) is 4.79 Å². The van der Waals surface area contributed by atoms with Crippen molar-refractivity contribution in [3.8, 4) is 6.07 Å². The van der Waals surface area contributed by atoms with E-state index in [0.717, 1.165) is 31.1 Å². The van der Waals surface area contributed by atoms with Gasteiger partial charge in [-0.1, -0.05) is 6.07 Å². The Hall–Kier alpha value is -1.51. The van der Waals surface area contributed by atoms with Crippen molar-refractivity contribution in [2.45, 2.75) is 6.42 Å². The van der Waals surface area contributed by atoms with E-state index in [-0.39, 0.29) is 5.91 Å². The number of benzene rings is 1. The number of nitrogens with zero attached hydrogens (tertiary/aromatic N) is 2. The van der Waals surface area contributed by atoms with Crippen LogP contribution < -0.4 is 5.32 Å². The zero-order valence-corrected chi connectivity index (χ0v) is 11.6. The van der Waals surface area contributed by atoms with Gasteiger partial charge in [0.1, 0.15) is 0 Å². The lowest BCUT2D eigenvalue weighted by Gasteiger charge is -2.25. The predicted molar refractivity (Wildman–Crippen MR) is 78.2 cm³/mol. The topological polar surface area (TPSA) is 56.1 Å². The van der Waals surface area contributed by atoms with Crippen LogP contribution in [-0.2, 0) is 4.79 Å². The van der Waals surface area contributed by atoms with Crippen LogP contribution in [0, 0.1) is 11.3 Å². The number of carbonyl (C=O) groups is 1. The lowest BCUT2D eigenvalue weighted by atomic mass is 10.2. The van der Waals surface area contributed by atoms with Crippen LogP contribution in [0.3, 0.4) is 0 Å². The molecule has 0 aliphatic carbocycles. The van der Waals surface area contributed by atoms with Crippen molar-refractivity contribution < 1.29 is 4.79 Å². The molecule has 100 valence electrons. The minimum Gasteiger partial charge on any atom is -0.326 e. The summed E-state index contributed by atoms with van der Waals surface area (Å²) in [5.41, 5.74) is 1.25. The van der Waals surface area contributed by atoms with Gasteiger partial charge < -0.3 is 10.2 Å². The van der Waals surface area contributed by atoms with Crippen molar-refractivity contribution in [3.63, 3.8) is 0 Å². The lowest BCUT2D eigenvalue weighted by Crippen LogP contribution is -2.34. The number of hydrogen-bond acceptors (Lipinski definition) is 4. The molecule has 1 aromatic rings. The van der Waals surface area contributed by atoms with Crippen LogP contribution in [0.4, 0.5) is 5.69 Å². The molecule has 0 unspecified atom stereocenters. The highest BCUT2D eigenvalue weighted by molar-refractivity contribution is 7.99. The van der Waals surface area contributed by atoms with E-state index in [1.165, 1.54) is 0 Å². The van der Waals surface area contributed by atoms with Gasteiger partial charge in [0.05, 0.1) is 11.6 Å². The third-order valence-corrected chi connectivity index (χ3v) is 3.98. The maximum atomic E-state index is 11.8. The molecule has 1 heterocycles. The van der Waals surface area contributed by atoms with Crippen LogP contribution >= 0.6 is 11.8 Å². The first kappa shape index (κ1) is 13.9. The van der Waals surface area contributed by atoms with Gasteiger partial charge in [-0.15, -0.1) is 0 Å². The standard InChI is InChI=1S/C14H17N3OS/c15-11-12-2-1-3-13(10-12)16-14(18)4-5-17-6-8-19-9-7-17/h1-3,10H,4-9H2,(H,16,18). The summed E-state index contributed by atoms with van der Waals surface area (Å²) >= 11 is 1.97. The molecule has 0 atom stereocenters. The molecule has 1 saturated heterocycles. The Morgan fingerprint density at radius 2 is 2.21 bits per heavy atom. The molecule has 19 heavy (non-hydrogen) atoms. The van der Waals surface area contributed by atoms with Gasteiger partial charge in [0.25, 0.3) is 0 Å². The second-order valence-electron chi connectivity index (χ2n) is 4.44. The maximum Gasteiger partial charge on any atom is 0.225 e. The van der Waals surface area contributed by atoms with Crippen molar-refractivity contribution >= 4 is 23.4 Å². The average Bonchev–Trinajstić information content (AvgIpc) is 2.46. The second kappa shape index (κ2) is 7.17. The summed E-state index contributed by atoms with van der Waals surface area (Å²) in [7, 11) is 0. The van der Waals surface area contributed by atoms with Gasteiger partial charge in [0.15, 0.2) is 0 Å². The lowest BCUT2D eigenvalue weighted by molar-refractivity contribution is -0.116. The summed E-state index contributed by atoms with van der Waals surface area (Å²) in [6.07, 6.45) is 0.501. The van der Waals surface area contributed by atoms with Crippen molar-refractivity contribution in [3.05, 3.63) is 29.8 Å². The minimum atomic E-state index is 0.00770. The van der Waals surface area contributed by atoms with Gasteiger partial charge >= 0.3 is 0 Å². The fourth-order valence-electron chi connectivity index (χ4n) is 1.97. The highest BCUT2D eigenvalue weighted by Gasteiger charge is 2.12. The number of anilines is 1. The van der Waals surface area contributed by atoms with Gasteiger partial charge in [-0.05, 0) is 18.2 Å². The number of nitriles is 1. The number of hydrogen-bond donors (Lipinski definition) is 1. The molecule has 1 aliphatic rings. The van der Waals surface area contributed by atoms with Crippen molar-refractivity contribution in [2.75, 3.05) is 36.5 Å². The third-order valence-electron chi connectivity index (χ3n) is 3.03. The van der Waals surface area contributed by atoms with E-state index >= 15 is 0 Å². The fraction of sp³-hybridized carbons (Fsp3) is 0.429. The van der Waals surface area contributed by atoms with Crippen LogP contribution in [0.1, 0.15) is 12.0 Å². The molecule has 0 spiro atoms. The van der Waals surface area contributed by atoms with Crippen molar-refractivity contribution in [1.82, 2.24) is 4.90 Å². The zero-order valence-electron chi connectivity index (χ0n) is 10.8. The fourth-order valence-corrected chi connectivity index (χ4v) is 2.95. The molecule has 1 aliphatic heterocycles. The third kappa shape index (κ3) is 4.58. The summed E-state index contributed by atoms with van der Waals surface area (Å²) < 4.78 is 0. The Kier molecular flexibility index (Phi) is 5.25.